The Bertz CT molecular complexity index is 753. The lowest BCUT2D eigenvalue weighted by Crippen LogP contribution is -2.30. The molecule has 2 N–H and O–H groups in total. The first kappa shape index (κ1) is 19.7. The first-order valence-corrected chi connectivity index (χ1v) is 8.65. The largest absolute Gasteiger partial charge is 0.481 e. The number of carboxylic acids is 1. The Labute approximate surface area is 154 Å². The average Bonchev–Trinajstić information content (AvgIpc) is 2.60. The van der Waals surface area contributed by atoms with Gasteiger partial charge in [0.2, 0.25) is 0 Å². The van der Waals surface area contributed by atoms with Gasteiger partial charge in [-0.25, -0.2) is 0 Å². The van der Waals surface area contributed by atoms with E-state index in [9.17, 15) is 14.7 Å². The number of hydrogen-bond acceptors (Lipinski definition) is 3. The third kappa shape index (κ3) is 5.70. The number of amides is 1. The van der Waals surface area contributed by atoms with Gasteiger partial charge in [0.1, 0.15) is 0 Å². The van der Waals surface area contributed by atoms with Gasteiger partial charge in [-0.2, -0.15) is 0 Å². The second-order valence-electron chi connectivity index (χ2n) is 6.54. The van der Waals surface area contributed by atoms with E-state index in [1.54, 1.807) is 12.1 Å². The standard InChI is InChI=1S/C21H25NO4/c1-14(2)26-13-16-8-10-17(11-9-16)21(25)22-19(12-20(23)24)18-7-5-4-6-15(18)3/h4-11,14,19H,12-13H2,1-3H3,(H,22,25)(H,23,24). The highest BCUT2D eigenvalue weighted by Gasteiger charge is 2.20. The summed E-state index contributed by atoms with van der Waals surface area (Å²) in [7, 11) is 0. The van der Waals surface area contributed by atoms with Gasteiger partial charge in [0.05, 0.1) is 25.2 Å². The SMILES string of the molecule is Cc1ccccc1C(CC(=O)O)NC(=O)c1ccc(COC(C)C)cc1. The number of aliphatic carboxylic acids is 1. The fraction of sp³-hybridized carbons (Fsp3) is 0.333. The van der Waals surface area contributed by atoms with Crippen molar-refractivity contribution in [1.82, 2.24) is 5.32 Å². The van der Waals surface area contributed by atoms with E-state index < -0.39 is 12.0 Å². The molecule has 0 radical (unpaired) electrons. The molecular weight excluding hydrogens is 330 g/mol. The fourth-order valence-electron chi connectivity index (χ4n) is 2.65. The zero-order chi connectivity index (χ0) is 19.1. The van der Waals surface area contributed by atoms with Crippen molar-refractivity contribution in [2.75, 3.05) is 0 Å². The second kappa shape index (κ2) is 9.15. The van der Waals surface area contributed by atoms with Crippen molar-refractivity contribution < 1.29 is 19.4 Å². The second-order valence-corrected chi connectivity index (χ2v) is 6.54. The summed E-state index contributed by atoms with van der Waals surface area (Å²) in [5.74, 6) is -1.25. The lowest BCUT2D eigenvalue weighted by Gasteiger charge is -2.19. The van der Waals surface area contributed by atoms with E-state index in [4.69, 9.17) is 4.74 Å². The van der Waals surface area contributed by atoms with Gasteiger partial charge < -0.3 is 15.2 Å². The summed E-state index contributed by atoms with van der Waals surface area (Å²) >= 11 is 0. The molecule has 0 heterocycles. The van der Waals surface area contributed by atoms with E-state index in [0.29, 0.717) is 12.2 Å². The quantitative estimate of drug-likeness (QED) is 0.754. The molecule has 0 aliphatic carbocycles. The summed E-state index contributed by atoms with van der Waals surface area (Å²) in [4.78, 5) is 23.8. The third-order valence-corrected chi connectivity index (χ3v) is 4.05. The summed E-state index contributed by atoms with van der Waals surface area (Å²) in [5.41, 5.74) is 3.23. The van der Waals surface area contributed by atoms with Gasteiger partial charge >= 0.3 is 5.97 Å². The van der Waals surface area contributed by atoms with E-state index >= 15 is 0 Å². The van der Waals surface area contributed by atoms with Crippen LogP contribution in [-0.4, -0.2) is 23.1 Å². The molecular formula is C21H25NO4. The number of aryl methyl sites for hydroxylation is 1. The maximum atomic E-state index is 12.6. The molecule has 1 unspecified atom stereocenters. The molecule has 5 nitrogen and oxygen atoms in total. The first-order valence-electron chi connectivity index (χ1n) is 8.65. The maximum Gasteiger partial charge on any atom is 0.305 e. The Morgan fingerprint density at radius 3 is 2.31 bits per heavy atom. The predicted molar refractivity (Wildman–Crippen MR) is 100 cm³/mol. The van der Waals surface area contributed by atoms with Crippen molar-refractivity contribution in [2.24, 2.45) is 0 Å². The molecule has 0 spiro atoms. The van der Waals surface area contributed by atoms with Gasteiger partial charge in [-0.05, 0) is 49.6 Å². The van der Waals surface area contributed by atoms with E-state index in [1.807, 2.05) is 57.2 Å². The molecule has 0 aliphatic rings. The van der Waals surface area contributed by atoms with Crippen molar-refractivity contribution in [3.05, 3.63) is 70.8 Å². The van der Waals surface area contributed by atoms with Crippen molar-refractivity contribution in [3.63, 3.8) is 0 Å². The predicted octanol–water partition coefficient (Wildman–Crippen LogP) is 3.87. The molecule has 0 bridgehead atoms. The number of carbonyl (C=O) groups excluding carboxylic acids is 1. The van der Waals surface area contributed by atoms with Crippen LogP contribution in [0.5, 0.6) is 0 Å². The average molecular weight is 355 g/mol. The molecule has 0 aromatic heterocycles. The number of nitrogens with one attached hydrogen (secondary N) is 1. The summed E-state index contributed by atoms with van der Waals surface area (Å²) in [6.45, 7) is 6.33. The molecule has 1 amide bonds. The minimum Gasteiger partial charge on any atom is -0.481 e. The molecule has 0 fully saturated rings. The van der Waals surface area contributed by atoms with Crippen LogP contribution >= 0.6 is 0 Å². The number of carbonyl (C=O) groups is 2. The summed E-state index contributed by atoms with van der Waals surface area (Å²) in [5, 5.41) is 12.0. The summed E-state index contributed by atoms with van der Waals surface area (Å²) < 4.78 is 5.54. The van der Waals surface area contributed by atoms with Crippen LogP contribution in [0.1, 0.15) is 53.4 Å². The van der Waals surface area contributed by atoms with Gasteiger partial charge in [-0.3, -0.25) is 9.59 Å². The third-order valence-electron chi connectivity index (χ3n) is 4.05. The maximum absolute atomic E-state index is 12.6. The van der Waals surface area contributed by atoms with Crippen LogP contribution in [0.25, 0.3) is 0 Å². The fourth-order valence-corrected chi connectivity index (χ4v) is 2.65. The molecule has 138 valence electrons. The van der Waals surface area contributed by atoms with Crippen molar-refractivity contribution in [2.45, 2.75) is 45.9 Å². The van der Waals surface area contributed by atoms with Crippen LogP contribution in [0.3, 0.4) is 0 Å². The molecule has 0 aliphatic heterocycles. The molecule has 5 heteroatoms. The van der Waals surface area contributed by atoms with E-state index in [0.717, 1.165) is 16.7 Å². The minimum absolute atomic E-state index is 0.142. The lowest BCUT2D eigenvalue weighted by molar-refractivity contribution is -0.137. The van der Waals surface area contributed by atoms with Gasteiger partial charge in [-0.1, -0.05) is 36.4 Å². The van der Waals surface area contributed by atoms with Crippen LogP contribution in [-0.2, 0) is 16.1 Å². The van der Waals surface area contributed by atoms with Gasteiger partial charge in [0.25, 0.3) is 5.91 Å². The van der Waals surface area contributed by atoms with E-state index in [-0.39, 0.29) is 18.4 Å². The van der Waals surface area contributed by atoms with Crippen LogP contribution in [0, 0.1) is 6.92 Å². The van der Waals surface area contributed by atoms with Crippen LogP contribution in [0.15, 0.2) is 48.5 Å². The highest BCUT2D eigenvalue weighted by atomic mass is 16.5. The minimum atomic E-state index is -0.959. The smallest absolute Gasteiger partial charge is 0.305 e. The molecule has 0 saturated heterocycles. The highest BCUT2D eigenvalue weighted by molar-refractivity contribution is 5.94. The summed E-state index contributed by atoms with van der Waals surface area (Å²) in [6.07, 6.45) is -0.0273. The number of rotatable bonds is 8. The highest BCUT2D eigenvalue weighted by Crippen LogP contribution is 2.21. The van der Waals surface area contributed by atoms with E-state index in [1.165, 1.54) is 0 Å². The van der Waals surface area contributed by atoms with Crippen molar-refractivity contribution in [1.29, 1.82) is 0 Å². The van der Waals surface area contributed by atoms with Crippen LogP contribution < -0.4 is 5.32 Å². The molecule has 0 saturated carbocycles. The molecule has 2 aromatic rings. The van der Waals surface area contributed by atoms with Gasteiger partial charge in [0.15, 0.2) is 0 Å². The van der Waals surface area contributed by atoms with Crippen molar-refractivity contribution in [3.8, 4) is 0 Å². The van der Waals surface area contributed by atoms with Crippen LogP contribution in [0.2, 0.25) is 0 Å². The zero-order valence-corrected chi connectivity index (χ0v) is 15.4. The summed E-state index contributed by atoms with van der Waals surface area (Å²) in [6, 6.07) is 14.0. The zero-order valence-electron chi connectivity index (χ0n) is 15.4. The Morgan fingerprint density at radius 2 is 1.73 bits per heavy atom. The van der Waals surface area contributed by atoms with Crippen LogP contribution in [0.4, 0.5) is 0 Å². The number of ether oxygens (including phenoxy) is 1. The molecule has 26 heavy (non-hydrogen) atoms. The molecule has 2 rings (SSSR count). The number of carboxylic acid groups (broad SMARTS) is 1. The Balaban J connectivity index is 2.11. The Kier molecular flexibility index (Phi) is 6.92. The monoisotopic (exact) mass is 355 g/mol. The Hall–Kier alpha value is -2.66. The normalized spacial score (nSPS) is 12.0. The molecule has 2 aromatic carbocycles. The van der Waals surface area contributed by atoms with Gasteiger partial charge in [-0.15, -0.1) is 0 Å². The van der Waals surface area contributed by atoms with E-state index in [2.05, 4.69) is 5.32 Å². The van der Waals surface area contributed by atoms with Gasteiger partial charge in [0, 0.05) is 5.56 Å². The topological polar surface area (TPSA) is 75.6 Å². The molecule has 1 atom stereocenters. The Morgan fingerprint density at radius 1 is 1.08 bits per heavy atom. The lowest BCUT2D eigenvalue weighted by atomic mass is 9.98. The van der Waals surface area contributed by atoms with Crippen molar-refractivity contribution >= 4 is 11.9 Å². The first-order chi connectivity index (χ1) is 12.4. The number of hydrogen-bond donors (Lipinski definition) is 2. The number of benzene rings is 2.